The van der Waals surface area contributed by atoms with Crippen LogP contribution in [0.5, 0.6) is 0 Å². The molecule has 1 rings (SSSR count). The van der Waals surface area contributed by atoms with Gasteiger partial charge in [0, 0.05) is 4.90 Å². The van der Waals surface area contributed by atoms with Gasteiger partial charge < -0.3 is 9.84 Å². The van der Waals surface area contributed by atoms with Gasteiger partial charge in [0.2, 0.25) is 0 Å². The summed E-state index contributed by atoms with van der Waals surface area (Å²) in [5.41, 5.74) is 0.858. The lowest BCUT2D eigenvalue weighted by atomic mass is 10.0. The van der Waals surface area contributed by atoms with Crippen LogP contribution in [-0.2, 0) is 11.3 Å². The summed E-state index contributed by atoms with van der Waals surface area (Å²) < 4.78 is 4.53. The number of hydrogen-bond acceptors (Lipinski definition) is 5. The van der Waals surface area contributed by atoms with Gasteiger partial charge in [0.1, 0.15) is 6.07 Å². The molecule has 0 aliphatic carbocycles. The Kier molecular flexibility index (Phi) is 3.72. The van der Waals surface area contributed by atoms with Crippen molar-refractivity contribution < 1.29 is 14.6 Å². The Morgan fingerprint density at radius 3 is 2.80 bits per heavy atom. The van der Waals surface area contributed by atoms with Crippen molar-refractivity contribution in [2.75, 3.05) is 7.11 Å². The summed E-state index contributed by atoms with van der Waals surface area (Å²) in [6, 6.07) is 4.74. The molecule has 1 N–H and O–H groups in total. The quantitative estimate of drug-likeness (QED) is 0.582. The zero-order valence-electron chi connectivity index (χ0n) is 8.02. The first-order valence-corrected chi connectivity index (χ1v) is 4.54. The number of nitriles is 1. The van der Waals surface area contributed by atoms with Crippen LogP contribution in [0.25, 0.3) is 0 Å². The summed E-state index contributed by atoms with van der Waals surface area (Å²) in [6.07, 6.45) is 0. The van der Waals surface area contributed by atoms with Gasteiger partial charge in [-0.3, -0.25) is 0 Å². The zero-order valence-corrected chi connectivity index (χ0v) is 8.91. The molecule has 0 radical (unpaired) electrons. The summed E-state index contributed by atoms with van der Waals surface area (Å²) >= 11 is 4.06. The van der Waals surface area contributed by atoms with Gasteiger partial charge in [-0.1, -0.05) is 0 Å². The van der Waals surface area contributed by atoms with E-state index < -0.39 is 5.97 Å². The molecule has 0 fully saturated rings. The van der Waals surface area contributed by atoms with Crippen LogP contribution in [0, 0.1) is 11.3 Å². The van der Waals surface area contributed by atoms with Gasteiger partial charge in [-0.2, -0.15) is 5.26 Å². The number of carbonyl (C=O) groups is 1. The molecule has 5 heteroatoms. The molecule has 0 amide bonds. The Hall–Kier alpha value is -1.51. The summed E-state index contributed by atoms with van der Waals surface area (Å²) in [6.45, 7) is -0.302. The van der Waals surface area contributed by atoms with Crippen LogP contribution in [0.1, 0.15) is 21.5 Å². The first-order chi connectivity index (χ1) is 7.13. The van der Waals surface area contributed by atoms with Gasteiger partial charge >= 0.3 is 5.97 Å². The number of aliphatic hydroxyl groups excluding tert-OH is 1. The third-order valence-corrected chi connectivity index (χ3v) is 2.29. The van der Waals surface area contributed by atoms with Crippen molar-refractivity contribution in [3.05, 3.63) is 28.8 Å². The van der Waals surface area contributed by atoms with E-state index in [0.29, 0.717) is 10.5 Å². The van der Waals surface area contributed by atoms with E-state index in [-0.39, 0.29) is 17.7 Å². The predicted molar refractivity (Wildman–Crippen MR) is 55.7 cm³/mol. The zero-order chi connectivity index (χ0) is 11.4. The van der Waals surface area contributed by atoms with Crippen molar-refractivity contribution in [3.63, 3.8) is 0 Å². The number of hydrogen-bond donors (Lipinski definition) is 2. The van der Waals surface area contributed by atoms with E-state index in [1.165, 1.54) is 19.2 Å². The predicted octanol–water partition coefficient (Wildman–Crippen LogP) is 1.13. The highest BCUT2D eigenvalue weighted by molar-refractivity contribution is 7.80. The molecule has 0 atom stereocenters. The summed E-state index contributed by atoms with van der Waals surface area (Å²) in [4.78, 5) is 11.7. The minimum atomic E-state index is -0.580. The number of benzene rings is 1. The Bertz CT molecular complexity index is 437. The molecule has 1 aromatic carbocycles. The van der Waals surface area contributed by atoms with Crippen molar-refractivity contribution in [2.24, 2.45) is 0 Å². The number of aliphatic hydroxyl groups is 1. The monoisotopic (exact) mass is 223 g/mol. The number of nitrogens with zero attached hydrogens (tertiary/aromatic N) is 1. The van der Waals surface area contributed by atoms with E-state index >= 15 is 0 Å². The summed E-state index contributed by atoms with van der Waals surface area (Å²) in [5, 5.41) is 17.8. The minimum absolute atomic E-state index is 0.189. The van der Waals surface area contributed by atoms with Gasteiger partial charge in [-0.25, -0.2) is 4.79 Å². The molecular weight excluding hydrogens is 214 g/mol. The van der Waals surface area contributed by atoms with Crippen molar-refractivity contribution in [3.8, 4) is 6.07 Å². The topological polar surface area (TPSA) is 70.3 Å². The molecule has 1 aromatic rings. The first-order valence-electron chi connectivity index (χ1n) is 4.09. The fourth-order valence-corrected chi connectivity index (χ4v) is 1.42. The maximum atomic E-state index is 11.3. The molecule has 0 saturated heterocycles. The molecule has 15 heavy (non-hydrogen) atoms. The molecule has 0 saturated carbocycles. The molecule has 78 valence electrons. The highest BCUT2D eigenvalue weighted by Gasteiger charge is 2.14. The van der Waals surface area contributed by atoms with Crippen molar-refractivity contribution in [1.29, 1.82) is 5.26 Å². The van der Waals surface area contributed by atoms with E-state index in [4.69, 9.17) is 10.4 Å². The van der Waals surface area contributed by atoms with Crippen LogP contribution in [0.3, 0.4) is 0 Å². The van der Waals surface area contributed by atoms with Gasteiger partial charge in [0.25, 0.3) is 0 Å². The molecule has 0 aliphatic rings. The second-order valence-corrected chi connectivity index (χ2v) is 3.27. The molecule has 4 nitrogen and oxygen atoms in total. The highest BCUT2D eigenvalue weighted by Crippen LogP contribution is 2.20. The highest BCUT2D eigenvalue weighted by atomic mass is 32.1. The first kappa shape index (κ1) is 11.6. The van der Waals surface area contributed by atoms with Crippen LogP contribution in [0.2, 0.25) is 0 Å². The van der Waals surface area contributed by atoms with Crippen molar-refractivity contribution in [2.45, 2.75) is 11.5 Å². The summed E-state index contributed by atoms with van der Waals surface area (Å²) in [7, 11) is 1.24. The number of ether oxygens (including phenoxy) is 1. The van der Waals surface area contributed by atoms with E-state index in [1.807, 2.05) is 6.07 Å². The lowest BCUT2D eigenvalue weighted by Crippen LogP contribution is -2.06. The normalized spacial score (nSPS) is 9.47. The van der Waals surface area contributed by atoms with Crippen LogP contribution in [0.4, 0.5) is 0 Å². The standard InChI is InChI=1S/C10H9NO3S/c1-14-10(13)8-2-6(4-11)9(15)3-7(8)5-12/h2-3,12,15H,5H2,1H3. The van der Waals surface area contributed by atoms with Crippen molar-refractivity contribution >= 4 is 18.6 Å². The molecule has 0 spiro atoms. The average molecular weight is 223 g/mol. The van der Waals surface area contributed by atoms with Crippen molar-refractivity contribution in [1.82, 2.24) is 0 Å². The van der Waals surface area contributed by atoms with E-state index in [1.54, 1.807) is 0 Å². The van der Waals surface area contributed by atoms with Crippen LogP contribution < -0.4 is 0 Å². The van der Waals surface area contributed by atoms with E-state index in [2.05, 4.69) is 17.4 Å². The number of carbonyl (C=O) groups excluding carboxylic acids is 1. The third kappa shape index (κ3) is 2.29. The number of thiol groups is 1. The Labute approximate surface area is 92.5 Å². The lowest BCUT2D eigenvalue weighted by molar-refractivity contribution is 0.0597. The molecule has 0 unspecified atom stereocenters. The minimum Gasteiger partial charge on any atom is -0.465 e. The number of esters is 1. The Morgan fingerprint density at radius 2 is 2.33 bits per heavy atom. The van der Waals surface area contributed by atoms with Gasteiger partial charge in [-0.05, 0) is 17.7 Å². The maximum Gasteiger partial charge on any atom is 0.338 e. The SMILES string of the molecule is COC(=O)c1cc(C#N)c(S)cc1CO. The third-order valence-electron chi connectivity index (χ3n) is 1.92. The Morgan fingerprint density at radius 1 is 1.67 bits per heavy atom. The Balaban J connectivity index is 3.36. The molecular formula is C10H9NO3S. The number of rotatable bonds is 2. The van der Waals surface area contributed by atoms with Crippen LogP contribution in [0.15, 0.2) is 17.0 Å². The van der Waals surface area contributed by atoms with Crippen LogP contribution >= 0.6 is 12.6 Å². The van der Waals surface area contributed by atoms with Gasteiger partial charge in [-0.15, -0.1) is 12.6 Å². The van der Waals surface area contributed by atoms with Crippen LogP contribution in [-0.4, -0.2) is 18.2 Å². The smallest absolute Gasteiger partial charge is 0.338 e. The van der Waals surface area contributed by atoms with Gasteiger partial charge in [0.15, 0.2) is 0 Å². The lowest BCUT2D eigenvalue weighted by Gasteiger charge is -2.07. The average Bonchev–Trinajstić information content (AvgIpc) is 2.27. The fourth-order valence-electron chi connectivity index (χ4n) is 1.15. The van der Waals surface area contributed by atoms with E-state index in [0.717, 1.165) is 0 Å². The largest absolute Gasteiger partial charge is 0.465 e. The molecule has 0 aliphatic heterocycles. The summed E-state index contributed by atoms with van der Waals surface area (Å²) in [5.74, 6) is -0.580. The van der Waals surface area contributed by atoms with Gasteiger partial charge in [0.05, 0.1) is 24.8 Å². The second kappa shape index (κ2) is 4.82. The molecule has 0 aromatic heterocycles. The maximum absolute atomic E-state index is 11.3. The molecule has 0 bridgehead atoms. The fraction of sp³-hybridized carbons (Fsp3) is 0.200. The second-order valence-electron chi connectivity index (χ2n) is 2.79. The number of methoxy groups -OCH3 is 1. The molecule has 0 heterocycles. The van der Waals surface area contributed by atoms with E-state index in [9.17, 15) is 4.79 Å².